The highest BCUT2D eigenvalue weighted by Gasteiger charge is 2.24. The molecule has 0 aliphatic heterocycles. The minimum atomic E-state index is -0.315. The Bertz CT molecular complexity index is 1250. The molecule has 0 unspecified atom stereocenters. The van der Waals surface area contributed by atoms with E-state index in [1.807, 2.05) is 45.0 Å². The number of hydrogen-bond acceptors (Lipinski definition) is 7. The summed E-state index contributed by atoms with van der Waals surface area (Å²) in [5, 5.41) is 11.3. The monoisotopic (exact) mass is 446 g/mol. The highest BCUT2D eigenvalue weighted by Crippen LogP contribution is 2.34. The summed E-state index contributed by atoms with van der Waals surface area (Å²) in [6, 6.07) is 9.86. The smallest absolute Gasteiger partial charge is 0.222 e. The lowest BCUT2D eigenvalue weighted by atomic mass is 9.94. The van der Waals surface area contributed by atoms with Crippen LogP contribution in [0.3, 0.4) is 0 Å². The molecule has 8 nitrogen and oxygen atoms in total. The van der Waals surface area contributed by atoms with E-state index in [9.17, 15) is 0 Å². The summed E-state index contributed by atoms with van der Waals surface area (Å²) in [5.74, 6) is 1.23. The normalized spacial score (nSPS) is 11.5. The van der Waals surface area contributed by atoms with Gasteiger partial charge in [-0.15, -0.1) is 0 Å². The Morgan fingerprint density at radius 3 is 2.42 bits per heavy atom. The summed E-state index contributed by atoms with van der Waals surface area (Å²) in [4.78, 5) is 13.7. The van der Waals surface area contributed by atoms with Gasteiger partial charge < -0.3 is 14.8 Å². The van der Waals surface area contributed by atoms with Crippen molar-refractivity contribution < 1.29 is 9.47 Å². The Balaban J connectivity index is 1.74. The van der Waals surface area contributed by atoms with Gasteiger partial charge in [-0.1, -0.05) is 6.07 Å². The number of nitrogens with one attached hydrogen (secondary N) is 2. The van der Waals surface area contributed by atoms with E-state index in [2.05, 4.69) is 45.4 Å². The first-order chi connectivity index (χ1) is 15.9. The third-order valence-electron chi connectivity index (χ3n) is 5.25. The van der Waals surface area contributed by atoms with Gasteiger partial charge in [0.15, 0.2) is 0 Å². The second kappa shape index (κ2) is 9.44. The van der Waals surface area contributed by atoms with Crippen molar-refractivity contribution in [3.8, 4) is 23.0 Å². The summed E-state index contributed by atoms with van der Waals surface area (Å²) >= 11 is 0. The largest absolute Gasteiger partial charge is 0.478 e. The number of anilines is 1. The zero-order valence-corrected chi connectivity index (χ0v) is 19.8. The van der Waals surface area contributed by atoms with Crippen LogP contribution < -0.4 is 14.8 Å². The van der Waals surface area contributed by atoms with Crippen LogP contribution in [-0.2, 0) is 6.42 Å². The molecule has 0 atom stereocenters. The lowest BCUT2D eigenvalue weighted by Gasteiger charge is -2.28. The number of H-pyrrole nitrogens is 1. The molecule has 172 valence electrons. The molecule has 4 aromatic heterocycles. The molecule has 0 aliphatic carbocycles. The van der Waals surface area contributed by atoms with Crippen molar-refractivity contribution in [3.63, 3.8) is 0 Å². The van der Waals surface area contributed by atoms with Crippen molar-refractivity contribution in [2.75, 3.05) is 18.5 Å². The van der Waals surface area contributed by atoms with Gasteiger partial charge in [0.05, 0.1) is 35.9 Å². The SMILES string of the molecule is CCOc1ncccc1CC(C)(C)Nc1cc(-c2cccnc2OCC)nc2c(C)[nH]nc12. The molecule has 4 heterocycles. The molecule has 2 N–H and O–H groups in total. The number of ether oxygens (including phenoxy) is 2. The van der Waals surface area contributed by atoms with Gasteiger partial charge in [0.2, 0.25) is 11.8 Å². The fraction of sp³-hybridized carbons (Fsp3) is 0.360. The topological polar surface area (TPSA) is 97.8 Å². The summed E-state index contributed by atoms with van der Waals surface area (Å²) in [6.45, 7) is 11.3. The molecule has 0 aliphatic rings. The highest BCUT2D eigenvalue weighted by molar-refractivity contribution is 5.92. The number of aromatic nitrogens is 5. The lowest BCUT2D eigenvalue weighted by Crippen LogP contribution is -2.34. The van der Waals surface area contributed by atoms with Gasteiger partial charge in [-0.2, -0.15) is 5.10 Å². The molecule has 0 saturated heterocycles. The van der Waals surface area contributed by atoms with Crippen molar-refractivity contribution in [2.24, 2.45) is 0 Å². The van der Waals surface area contributed by atoms with Crippen molar-refractivity contribution in [3.05, 3.63) is 54.0 Å². The average Bonchev–Trinajstić information content (AvgIpc) is 3.16. The summed E-state index contributed by atoms with van der Waals surface area (Å²) in [5.41, 5.74) is 5.75. The number of aryl methyl sites for hydroxylation is 1. The van der Waals surface area contributed by atoms with Crippen LogP contribution in [-0.4, -0.2) is 43.9 Å². The first-order valence-corrected chi connectivity index (χ1v) is 11.2. The van der Waals surface area contributed by atoms with E-state index < -0.39 is 0 Å². The molecule has 33 heavy (non-hydrogen) atoms. The fourth-order valence-corrected chi connectivity index (χ4v) is 3.89. The molecule has 0 aromatic carbocycles. The third-order valence-corrected chi connectivity index (χ3v) is 5.25. The maximum Gasteiger partial charge on any atom is 0.222 e. The maximum atomic E-state index is 5.76. The minimum absolute atomic E-state index is 0.315. The molecule has 0 amide bonds. The Kier molecular flexibility index (Phi) is 6.44. The summed E-state index contributed by atoms with van der Waals surface area (Å²) in [7, 11) is 0. The van der Waals surface area contributed by atoms with E-state index in [4.69, 9.17) is 14.5 Å². The van der Waals surface area contributed by atoms with E-state index in [0.717, 1.165) is 45.7 Å². The number of aromatic amines is 1. The van der Waals surface area contributed by atoms with Crippen molar-refractivity contribution in [2.45, 2.75) is 46.6 Å². The minimum Gasteiger partial charge on any atom is -0.478 e. The van der Waals surface area contributed by atoms with E-state index in [1.165, 1.54) is 0 Å². The van der Waals surface area contributed by atoms with Gasteiger partial charge in [-0.3, -0.25) is 5.10 Å². The van der Waals surface area contributed by atoms with Crippen LogP contribution in [0, 0.1) is 6.92 Å². The third kappa shape index (κ3) is 4.89. The first kappa shape index (κ1) is 22.5. The number of pyridine rings is 3. The standard InChI is InChI=1S/C25H30N6O2/c1-6-32-23-17(10-8-12-26-23)15-25(4,5)29-20-14-19(28-21-16(3)30-31-22(20)21)18-11-9-13-27-24(18)33-7-2/h8-14H,6-7,15H2,1-5H3,(H,28,29)(H,30,31). The number of hydrogen-bond donors (Lipinski definition) is 2. The zero-order valence-electron chi connectivity index (χ0n) is 19.8. The van der Waals surface area contributed by atoms with Gasteiger partial charge >= 0.3 is 0 Å². The maximum absolute atomic E-state index is 5.76. The summed E-state index contributed by atoms with van der Waals surface area (Å²) < 4.78 is 11.5. The van der Waals surface area contributed by atoms with Crippen molar-refractivity contribution in [1.82, 2.24) is 25.1 Å². The molecule has 4 aromatic rings. The van der Waals surface area contributed by atoms with Gasteiger partial charge in [0.1, 0.15) is 11.0 Å². The number of fused-ring (bicyclic) bond motifs is 1. The van der Waals surface area contributed by atoms with E-state index in [-0.39, 0.29) is 5.54 Å². The molecule has 4 rings (SSSR count). The Morgan fingerprint density at radius 2 is 1.67 bits per heavy atom. The molecule has 0 radical (unpaired) electrons. The highest BCUT2D eigenvalue weighted by atomic mass is 16.5. The van der Waals surface area contributed by atoms with Gasteiger partial charge in [-0.25, -0.2) is 15.0 Å². The van der Waals surface area contributed by atoms with Crippen LogP contribution in [0.2, 0.25) is 0 Å². The Labute approximate surface area is 193 Å². The number of nitrogens with zero attached hydrogens (tertiary/aromatic N) is 4. The summed E-state index contributed by atoms with van der Waals surface area (Å²) in [6.07, 6.45) is 4.20. The van der Waals surface area contributed by atoms with Crippen LogP contribution in [0.4, 0.5) is 5.69 Å². The number of rotatable bonds is 9. The average molecular weight is 447 g/mol. The molecule has 8 heteroatoms. The Morgan fingerprint density at radius 1 is 0.970 bits per heavy atom. The molecule has 0 spiro atoms. The van der Waals surface area contributed by atoms with Gasteiger partial charge in [0.25, 0.3) is 0 Å². The van der Waals surface area contributed by atoms with E-state index in [1.54, 1.807) is 12.4 Å². The van der Waals surface area contributed by atoms with Crippen LogP contribution >= 0.6 is 0 Å². The Hall–Kier alpha value is -3.68. The molecular formula is C25H30N6O2. The molecule has 0 fully saturated rings. The van der Waals surface area contributed by atoms with E-state index in [0.29, 0.717) is 25.0 Å². The second-order valence-electron chi connectivity index (χ2n) is 8.48. The quantitative estimate of drug-likeness (QED) is 0.375. The molecule has 0 saturated carbocycles. The first-order valence-electron chi connectivity index (χ1n) is 11.2. The van der Waals surface area contributed by atoms with Crippen LogP contribution in [0.5, 0.6) is 11.8 Å². The molecule has 0 bridgehead atoms. The van der Waals surface area contributed by atoms with Crippen molar-refractivity contribution in [1.29, 1.82) is 0 Å². The predicted molar refractivity (Wildman–Crippen MR) is 130 cm³/mol. The predicted octanol–water partition coefficient (Wildman–Crippen LogP) is 4.95. The molecular weight excluding hydrogens is 416 g/mol. The van der Waals surface area contributed by atoms with Crippen LogP contribution in [0.1, 0.15) is 39.0 Å². The fourth-order valence-electron chi connectivity index (χ4n) is 3.89. The van der Waals surface area contributed by atoms with E-state index >= 15 is 0 Å². The van der Waals surface area contributed by atoms with Gasteiger partial charge in [-0.05, 0) is 58.9 Å². The second-order valence-corrected chi connectivity index (χ2v) is 8.48. The zero-order chi connectivity index (χ0) is 23.4. The van der Waals surface area contributed by atoms with Gasteiger partial charge in [0, 0.05) is 29.9 Å². The van der Waals surface area contributed by atoms with Crippen LogP contribution in [0.15, 0.2) is 42.7 Å². The lowest BCUT2D eigenvalue weighted by molar-refractivity contribution is 0.320. The van der Waals surface area contributed by atoms with Crippen molar-refractivity contribution >= 4 is 16.7 Å². The van der Waals surface area contributed by atoms with Crippen LogP contribution in [0.25, 0.3) is 22.3 Å².